The minimum Gasteiger partial charge on any atom is -0.215 e. The van der Waals surface area contributed by atoms with Gasteiger partial charge >= 0.3 is 0 Å². The van der Waals surface area contributed by atoms with E-state index < -0.39 is 16.2 Å². The Labute approximate surface area is 472 Å². The average molecular weight is 1030 g/mol. The number of aromatic nitrogens is 3. The molecule has 16 rings (SSSR count). The van der Waals surface area contributed by atoms with Gasteiger partial charge in [0.15, 0.2) is 17.5 Å². The Morgan fingerprint density at radius 3 is 0.543 bits per heavy atom. The summed E-state index contributed by atoms with van der Waals surface area (Å²) in [4.78, 5) is 18.9. The second-order valence-electron chi connectivity index (χ2n) is 21.7. The molecule has 12 aromatic carbocycles. The first-order valence-electron chi connectivity index (χ1n) is 28.0. The summed E-state index contributed by atoms with van der Waals surface area (Å²) >= 11 is 0. The lowest BCUT2D eigenvalue weighted by atomic mass is 9.68. The highest BCUT2D eigenvalue weighted by atomic mass is 15.1. The monoisotopic (exact) mass is 1030 g/mol. The van der Waals surface area contributed by atoms with Crippen molar-refractivity contribution in [1.82, 2.24) is 15.0 Å². The number of hydrogen-bond acceptors (Lipinski definition) is 3. The highest BCUT2D eigenvalue weighted by Gasteiger charge is 2.56. The second kappa shape index (κ2) is 18.4. The van der Waals surface area contributed by atoms with Crippen LogP contribution in [0.1, 0.15) is 67.5 Å². The molecule has 0 radical (unpaired) electrons. The molecular formula is C78H51N3. The molecule has 3 nitrogen and oxygen atoms in total. The van der Waals surface area contributed by atoms with E-state index in [1.807, 2.05) is 0 Å². The maximum Gasteiger partial charge on any atom is 0.152 e. The highest BCUT2D eigenvalue weighted by molar-refractivity contribution is 5.89. The molecule has 0 unspecified atom stereocenters. The van der Waals surface area contributed by atoms with Crippen LogP contribution in [0.4, 0.5) is 0 Å². The summed E-state index contributed by atoms with van der Waals surface area (Å²) in [5, 5.41) is 0. The van der Waals surface area contributed by atoms with E-state index in [0.29, 0.717) is 17.5 Å². The largest absolute Gasteiger partial charge is 0.215 e. The van der Waals surface area contributed by atoms with Crippen molar-refractivity contribution in [3.63, 3.8) is 0 Å². The molecule has 0 saturated carbocycles. The fourth-order valence-electron chi connectivity index (χ4n) is 14.3. The van der Waals surface area contributed by atoms with Crippen LogP contribution in [-0.2, 0) is 16.2 Å². The van der Waals surface area contributed by atoms with Gasteiger partial charge in [-0.2, -0.15) is 0 Å². The average Bonchev–Trinajstić information content (AvgIpc) is 3.15. The predicted molar refractivity (Wildman–Crippen MR) is 328 cm³/mol. The van der Waals surface area contributed by atoms with Gasteiger partial charge in [0.2, 0.25) is 0 Å². The molecule has 0 N–H and O–H groups in total. The van der Waals surface area contributed by atoms with Crippen molar-refractivity contribution >= 4 is 0 Å². The molecule has 0 fully saturated rings. The van der Waals surface area contributed by atoms with Crippen LogP contribution in [0.3, 0.4) is 0 Å². The molecule has 0 amide bonds. The lowest BCUT2D eigenvalue weighted by Gasteiger charge is -2.38. The minimum absolute atomic E-state index is 0.664. The van der Waals surface area contributed by atoms with Crippen LogP contribution in [0.15, 0.2) is 309 Å². The summed E-state index contributed by atoms with van der Waals surface area (Å²) < 4.78 is 0. The van der Waals surface area contributed by atoms with E-state index in [0.717, 1.165) is 117 Å². The van der Waals surface area contributed by atoms with Gasteiger partial charge in [0.05, 0.1) is 0 Å². The van der Waals surface area contributed by atoms with Crippen LogP contribution in [0, 0.1) is 0 Å². The smallest absolute Gasteiger partial charge is 0.152 e. The van der Waals surface area contributed by atoms with Gasteiger partial charge in [-0.1, -0.05) is 309 Å². The molecule has 81 heavy (non-hydrogen) atoms. The SMILES string of the molecule is c1ccc(-c2ccc(C3(c4nc(C5(c6ccc(-c7ccccc7)cc6)c6ccccc6-c6ccccc65)nc(C5(c6ccc(-c7ccccc7)cc6)c6ccccc6-c6ccccc65)n4)c4ccccc4-c4ccccc43)cc2)cc1. The first-order chi connectivity index (χ1) is 40.2. The van der Waals surface area contributed by atoms with E-state index in [4.69, 9.17) is 15.0 Å². The Bertz CT molecular complexity index is 3930. The van der Waals surface area contributed by atoms with Crippen LogP contribution in [0.2, 0.25) is 0 Å². The quantitative estimate of drug-likeness (QED) is 0.145. The Balaban J connectivity index is 1.08. The second-order valence-corrected chi connectivity index (χ2v) is 21.7. The molecule has 1 heterocycles. The summed E-state index contributed by atoms with van der Waals surface area (Å²) in [7, 11) is 0. The molecule has 0 bridgehead atoms. The third-order valence-corrected chi connectivity index (χ3v) is 17.8. The highest BCUT2D eigenvalue weighted by Crippen LogP contribution is 2.61. The Hall–Kier alpha value is -10.4. The first-order valence-corrected chi connectivity index (χ1v) is 28.0. The normalized spacial score (nSPS) is 14.2. The number of fused-ring (bicyclic) bond motifs is 9. The topological polar surface area (TPSA) is 38.7 Å². The molecule has 3 heteroatoms. The van der Waals surface area contributed by atoms with Gasteiger partial charge in [-0.15, -0.1) is 0 Å². The zero-order chi connectivity index (χ0) is 53.5. The molecule has 0 spiro atoms. The third kappa shape index (κ3) is 6.73. The van der Waals surface area contributed by atoms with Crippen molar-refractivity contribution < 1.29 is 0 Å². The van der Waals surface area contributed by atoms with Gasteiger partial charge in [-0.05, 0) is 117 Å². The molecule has 3 aliphatic rings. The molecule has 3 aliphatic carbocycles. The zero-order valence-electron chi connectivity index (χ0n) is 44.3. The van der Waals surface area contributed by atoms with Crippen LogP contribution < -0.4 is 0 Å². The van der Waals surface area contributed by atoms with Crippen molar-refractivity contribution in [1.29, 1.82) is 0 Å². The van der Waals surface area contributed by atoms with E-state index in [-0.39, 0.29) is 0 Å². The van der Waals surface area contributed by atoms with Gasteiger partial charge in [0.25, 0.3) is 0 Å². The molecule has 378 valence electrons. The van der Waals surface area contributed by atoms with Crippen LogP contribution in [0.25, 0.3) is 66.8 Å². The number of benzene rings is 12. The first kappa shape index (κ1) is 46.7. The summed E-state index contributed by atoms with van der Waals surface area (Å²) in [5.74, 6) is 1.99. The van der Waals surface area contributed by atoms with Gasteiger partial charge < -0.3 is 0 Å². The van der Waals surface area contributed by atoms with E-state index in [9.17, 15) is 0 Å². The summed E-state index contributed by atoms with van der Waals surface area (Å²) in [6, 6.07) is 113. The lowest BCUT2D eigenvalue weighted by molar-refractivity contribution is 0.581. The van der Waals surface area contributed by atoms with Crippen LogP contribution >= 0.6 is 0 Å². The number of nitrogens with zero attached hydrogens (tertiary/aromatic N) is 3. The van der Waals surface area contributed by atoms with Crippen LogP contribution in [-0.4, -0.2) is 15.0 Å². The molecular weight excluding hydrogens is 979 g/mol. The summed E-state index contributed by atoms with van der Waals surface area (Å²) in [6.45, 7) is 0. The zero-order valence-corrected chi connectivity index (χ0v) is 44.3. The van der Waals surface area contributed by atoms with Gasteiger partial charge in [0.1, 0.15) is 16.2 Å². The predicted octanol–water partition coefficient (Wildman–Crippen LogP) is 18.0. The number of hydrogen-bond donors (Lipinski definition) is 0. The van der Waals surface area contributed by atoms with E-state index in [2.05, 4.69) is 309 Å². The van der Waals surface area contributed by atoms with Crippen molar-refractivity contribution in [3.8, 4) is 66.8 Å². The molecule has 0 atom stereocenters. The minimum atomic E-state index is -1.01. The van der Waals surface area contributed by atoms with E-state index >= 15 is 0 Å². The van der Waals surface area contributed by atoms with Crippen molar-refractivity contribution in [2.24, 2.45) is 0 Å². The van der Waals surface area contributed by atoms with Crippen LogP contribution in [0.5, 0.6) is 0 Å². The number of rotatable bonds is 9. The van der Waals surface area contributed by atoms with Crippen molar-refractivity contribution in [2.75, 3.05) is 0 Å². The van der Waals surface area contributed by atoms with E-state index in [1.54, 1.807) is 0 Å². The summed E-state index contributed by atoms with van der Waals surface area (Å²) in [5.41, 5.74) is 20.8. The lowest BCUT2D eigenvalue weighted by Crippen LogP contribution is -2.40. The van der Waals surface area contributed by atoms with Gasteiger partial charge in [-0.3, -0.25) is 0 Å². The maximum atomic E-state index is 6.29. The van der Waals surface area contributed by atoms with Gasteiger partial charge in [0, 0.05) is 0 Å². The Kier molecular flexibility index (Phi) is 10.6. The van der Waals surface area contributed by atoms with E-state index in [1.165, 1.54) is 0 Å². The molecule has 1 aromatic heterocycles. The fourth-order valence-corrected chi connectivity index (χ4v) is 14.3. The Morgan fingerprint density at radius 2 is 0.333 bits per heavy atom. The summed E-state index contributed by atoms with van der Waals surface area (Å²) in [6.07, 6.45) is 0. The molecule has 0 saturated heterocycles. The van der Waals surface area contributed by atoms with Crippen molar-refractivity contribution in [3.05, 3.63) is 377 Å². The fraction of sp³-hybridized carbons (Fsp3) is 0.0385. The molecule has 13 aromatic rings. The third-order valence-electron chi connectivity index (χ3n) is 17.8. The standard InChI is InChI=1S/C78H51N3/c1-4-22-52(23-5-1)55-40-46-58(47-41-55)76(67-34-16-10-28-61(67)62-29-11-17-35-68(62)76)73-79-74(77(59-48-42-56(43-49-59)53-24-6-2-7-25-53)69-36-18-12-30-63(69)64-31-13-19-37-70(64)77)81-75(80-73)78(60-50-44-57(45-51-60)54-26-8-3-9-27-54)71-38-20-14-32-65(71)66-33-15-21-39-72(66)78/h1-51H. The molecule has 0 aliphatic heterocycles. The van der Waals surface area contributed by atoms with Crippen molar-refractivity contribution in [2.45, 2.75) is 16.2 Å². The van der Waals surface area contributed by atoms with Gasteiger partial charge in [-0.25, -0.2) is 15.0 Å². The maximum absolute atomic E-state index is 6.29. The Morgan fingerprint density at radius 1 is 0.160 bits per heavy atom.